The molecule has 1 fully saturated rings. The number of hydrogen-bond acceptors (Lipinski definition) is 6. The van der Waals surface area contributed by atoms with Crippen LogP contribution in [0.1, 0.15) is 18.1 Å². The van der Waals surface area contributed by atoms with Gasteiger partial charge in [-0.15, -0.1) is 0 Å². The van der Waals surface area contributed by atoms with Crippen LogP contribution >= 0.6 is 0 Å². The van der Waals surface area contributed by atoms with Crippen LogP contribution in [-0.2, 0) is 9.84 Å². The van der Waals surface area contributed by atoms with Crippen LogP contribution in [0.4, 0.5) is 11.4 Å². The second-order valence-corrected chi connectivity index (χ2v) is 11.0. The number of piperazine rings is 1. The molecule has 0 radical (unpaired) electrons. The van der Waals surface area contributed by atoms with Crippen molar-refractivity contribution in [3.63, 3.8) is 0 Å². The molecule has 0 atom stereocenters. The molecule has 6 nitrogen and oxygen atoms in total. The highest BCUT2D eigenvalue weighted by molar-refractivity contribution is 7.91. The van der Waals surface area contributed by atoms with Gasteiger partial charge in [0.05, 0.1) is 22.7 Å². The van der Waals surface area contributed by atoms with Gasteiger partial charge in [-0.1, -0.05) is 30.3 Å². The number of fused-ring (bicyclic) bond motifs is 1. The number of aromatic nitrogens is 1. The average Bonchev–Trinajstić information content (AvgIpc) is 2.90. The van der Waals surface area contributed by atoms with E-state index in [9.17, 15) is 8.42 Å². The lowest BCUT2D eigenvalue weighted by atomic mass is 10.1. The van der Waals surface area contributed by atoms with Crippen LogP contribution in [0, 0.1) is 13.8 Å². The lowest BCUT2D eigenvalue weighted by molar-refractivity contribution is 0.340. The molecule has 36 heavy (non-hydrogen) atoms. The number of aryl methyl sites for hydroxylation is 1. The predicted octanol–water partition coefficient (Wildman–Crippen LogP) is 5.41. The molecular weight excluding hydrogens is 470 g/mol. The van der Waals surface area contributed by atoms with Crippen molar-refractivity contribution in [2.24, 2.45) is 0 Å². The SMILES string of the molecule is CCOc1ccc2ncc(S(=O)(=O)c3ccccc3)c(N3CCN(c4cccc(C)c4C)CC3)c2c1. The van der Waals surface area contributed by atoms with Crippen LogP contribution in [0.5, 0.6) is 5.75 Å². The van der Waals surface area contributed by atoms with Gasteiger partial charge in [-0.05, 0) is 68.3 Å². The van der Waals surface area contributed by atoms with Crippen LogP contribution in [0.25, 0.3) is 10.9 Å². The number of ether oxygens (including phenoxy) is 1. The van der Waals surface area contributed by atoms with Crippen LogP contribution in [-0.4, -0.2) is 46.2 Å². The lowest BCUT2D eigenvalue weighted by Gasteiger charge is -2.39. The Morgan fingerprint density at radius 2 is 1.61 bits per heavy atom. The smallest absolute Gasteiger partial charge is 0.210 e. The molecule has 0 amide bonds. The fraction of sp³-hybridized carbons (Fsp3) is 0.276. The molecule has 0 unspecified atom stereocenters. The first-order valence-electron chi connectivity index (χ1n) is 12.3. The highest BCUT2D eigenvalue weighted by Crippen LogP contribution is 2.38. The summed E-state index contributed by atoms with van der Waals surface area (Å²) in [5, 5.41) is 0.790. The highest BCUT2D eigenvalue weighted by atomic mass is 32.2. The number of rotatable bonds is 6. The van der Waals surface area contributed by atoms with E-state index in [-0.39, 0.29) is 9.79 Å². The predicted molar refractivity (Wildman–Crippen MR) is 145 cm³/mol. The van der Waals surface area contributed by atoms with Crippen molar-refractivity contribution in [2.45, 2.75) is 30.6 Å². The summed E-state index contributed by atoms with van der Waals surface area (Å²) >= 11 is 0. The van der Waals surface area contributed by atoms with E-state index in [0.717, 1.165) is 24.0 Å². The molecule has 0 N–H and O–H groups in total. The van der Waals surface area contributed by atoms with Gasteiger partial charge in [-0.2, -0.15) is 0 Å². The molecule has 1 aromatic heterocycles. The third-order valence-electron chi connectivity index (χ3n) is 6.94. The molecule has 7 heteroatoms. The molecule has 2 heterocycles. The summed E-state index contributed by atoms with van der Waals surface area (Å²) in [6.07, 6.45) is 1.51. The standard InChI is InChI=1S/C29H31N3O3S/c1-4-35-23-13-14-26-25(19-23)29(28(20-30-26)36(33,34)24-10-6-5-7-11-24)32-17-15-31(16-18-32)27-12-8-9-21(2)22(27)3/h5-14,19-20H,4,15-18H2,1-3H3. The van der Waals surface area contributed by atoms with E-state index in [1.165, 1.54) is 23.0 Å². The molecule has 4 aromatic rings. The summed E-state index contributed by atoms with van der Waals surface area (Å²) in [5.41, 5.74) is 5.25. The lowest BCUT2D eigenvalue weighted by Crippen LogP contribution is -2.47. The van der Waals surface area contributed by atoms with Crippen molar-refractivity contribution in [2.75, 3.05) is 42.6 Å². The van der Waals surface area contributed by atoms with Crippen molar-refractivity contribution in [1.82, 2.24) is 4.98 Å². The molecule has 0 saturated carbocycles. The highest BCUT2D eigenvalue weighted by Gasteiger charge is 2.29. The summed E-state index contributed by atoms with van der Waals surface area (Å²) < 4.78 is 33.4. The van der Waals surface area contributed by atoms with Crippen LogP contribution in [0.3, 0.4) is 0 Å². The van der Waals surface area contributed by atoms with Crippen molar-refractivity contribution in [3.05, 3.63) is 84.1 Å². The minimum Gasteiger partial charge on any atom is -0.494 e. The van der Waals surface area contributed by atoms with Gasteiger partial charge < -0.3 is 14.5 Å². The topological polar surface area (TPSA) is 62.7 Å². The van der Waals surface area contributed by atoms with Gasteiger partial charge in [-0.25, -0.2) is 8.42 Å². The molecule has 1 saturated heterocycles. The monoisotopic (exact) mass is 501 g/mol. The van der Waals surface area contributed by atoms with Crippen LogP contribution in [0.2, 0.25) is 0 Å². The number of anilines is 2. The van der Waals surface area contributed by atoms with Crippen molar-refractivity contribution >= 4 is 32.1 Å². The number of pyridine rings is 1. The zero-order valence-corrected chi connectivity index (χ0v) is 21.8. The third-order valence-corrected chi connectivity index (χ3v) is 8.71. The molecule has 0 bridgehead atoms. The largest absolute Gasteiger partial charge is 0.494 e. The number of sulfone groups is 1. The van der Waals surface area contributed by atoms with Gasteiger partial charge in [0.1, 0.15) is 10.6 Å². The molecule has 0 aliphatic carbocycles. The maximum atomic E-state index is 13.8. The summed E-state index contributed by atoms with van der Waals surface area (Å²) in [7, 11) is -3.77. The maximum Gasteiger partial charge on any atom is 0.210 e. The second-order valence-electron chi connectivity index (χ2n) is 9.09. The Morgan fingerprint density at radius 3 is 2.33 bits per heavy atom. The van der Waals surface area contributed by atoms with Crippen LogP contribution < -0.4 is 14.5 Å². The Balaban J connectivity index is 1.59. The Labute approximate surface area is 213 Å². The third kappa shape index (κ3) is 4.39. The van der Waals surface area contributed by atoms with Gasteiger partial charge in [0, 0.05) is 43.4 Å². The molecule has 1 aliphatic heterocycles. The zero-order valence-electron chi connectivity index (χ0n) is 20.9. The van der Waals surface area contributed by atoms with E-state index in [1.807, 2.05) is 31.2 Å². The average molecular weight is 502 g/mol. The summed E-state index contributed by atoms with van der Waals surface area (Å²) in [6, 6.07) is 20.7. The van der Waals surface area contributed by atoms with Crippen molar-refractivity contribution < 1.29 is 13.2 Å². The summed E-state index contributed by atoms with van der Waals surface area (Å²) in [5.74, 6) is 0.705. The minimum absolute atomic E-state index is 0.232. The normalized spacial score (nSPS) is 14.3. The minimum atomic E-state index is -3.77. The van der Waals surface area contributed by atoms with Crippen LogP contribution in [0.15, 0.2) is 82.7 Å². The van der Waals surface area contributed by atoms with E-state index < -0.39 is 9.84 Å². The summed E-state index contributed by atoms with van der Waals surface area (Å²) in [4.78, 5) is 9.62. The van der Waals surface area contributed by atoms with E-state index >= 15 is 0 Å². The Hall–Kier alpha value is -3.58. The van der Waals surface area contributed by atoms with Crippen molar-refractivity contribution in [3.8, 4) is 5.75 Å². The van der Waals surface area contributed by atoms with Gasteiger partial charge in [-0.3, -0.25) is 4.98 Å². The summed E-state index contributed by atoms with van der Waals surface area (Å²) in [6.45, 7) is 9.75. The van der Waals surface area contributed by atoms with Gasteiger partial charge in [0.15, 0.2) is 0 Å². The van der Waals surface area contributed by atoms with E-state index in [0.29, 0.717) is 31.1 Å². The molecule has 186 valence electrons. The van der Waals surface area contributed by atoms with Crippen molar-refractivity contribution in [1.29, 1.82) is 0 Å². The Morgan fingerprint density at radius 1 is 0.889 bits per heavy atom. The molecule has 3 aromatic carbocycles. The molecular formula is C29H31N3O3S. The van der Waals surface area contributed by atoms with E-state index in [1.54, 1.807) is 24.3 Å². The molecule has 5 rings (SSSR count). The first-order valence-corrected chi connectivity index (χ1v) is 13.8. The van der Waals surface area contributed by atoms with E-state index in [2.05, 4.69) is 46.8 Å². The first kappa shape index (κ1) is 24.1. The molecule has 0 spiro atoms. The fourth-order valence-electron chi connectivity index (χ4n) is 4.89. The zero-order chi connectivity index (χ0) is 25.3. The Kier molecular flexibility index (Phi) is 6.58. The van der Waals surface area contributed by atoms with Gasteiger partial charge in [0.2, 0.25) is 9.84 Å². The van der Waals surface area contributed by atoms with E-state index in [4.69, 9.17) is 4.74 Å². The first-order chi connectivity index (χ1) is 17.4. The quantitative estimate of drug-likeness (QED) is 0.352. The number of benzene rings is 3. The number of hydrogen-bond donors (Lipinski definition) is 0. The number of nitrogens with zero attached hydrogens (tertiary/aromatic N) is 3. The Bertz CT molecular complexity index is 1500. The van der Waals surface area contributed by atoms with Gasteiger partial charge >= 0.3 is 0 Å². The second kappa shape index (κ2) is 9.82. The van der Waals surface area contributed by atoms with Gasteiger partial charge in [0.25, 0.3) is 0 Å². The fourth-order valence-corrected chi connectivity index (χ4v) is 6.35. The maximum absolute atomic E-state index is 13.8. The molecule has 1 aliphatic rings.